The summed E-state index contributed by atoms with van der Waals surface area (Å²) in [5, 5.41) is 6.82. The third-order valence-electron chi connectivity index (χ3n) is 4.94. The Labute approximate surface area is 202 Å². The quantitative estimate of drug-likeness (QED) is 0.386. The normalized spacial score (nSPS) is 11.8. The van der Waals surface area contributed by atoms with Gasteiger partial charge in [-0.25, -0.2) is 13.5 Å². The minimum absolute atomic E-state index is 0.0991. The number of hydrogen-bond acceptors (Lipinski definition) is 3. The van der Waals surface area contributed by atoms with Gasteiger partial charge in [0.25, 0.3) is 5.91 Å². The standard InChI is InChI=1S/C24H16Cl2F2N4O2/c25-15-8-14(9-16(27)10-15)21-12-20(31-32(21)17-6-7-19(28)18(26)11-17)24(34)30-22(23(29)33)13-4-2-1-3-5-13/h1-12,22H,(H2,29,33)(H,30,34)/t22-/m1/s1. The van der Waals surface area contributed by atoms with Gasteiger partial charge in [-0.1, -0.05) is 53.5 Å². The van der Waals surface area contributed by atoms with E-state index in [2.05, 4.69) is 10.4 Å². The highest BCUT2D eigenvalue weighted by Gasteiger charge is 2.24. The Morgan fingerprint density at radius 3 is 2.35 bits per heavy atom. The fraction of sp³-hybridized carbons (Fsp3) is 0.0417. The Balaban J connectivity index is 1.79. The zero-order chi connectivity index (χ0) is 24.4. The summed E-state index contributed by atoms with van der Waals surface area (Å²) >= 11 is 11.9. The van der Waals surface area contributed by atoms with Gasteiger partial charge in [-0.05, 0) is 48.0 Å². The number of primary amides is 1. The number of rotatable bonds is 6. The van der Waals surface area contributed by atoms with Crippen molar-refractivity contribution in [3.05, 3.63) is 106 Å². The second-order valence-electron chi connectivity index (χ2n) is 7.30. The lowest BCUT2D eigenvalue weighted by molar-refractivity contribution is -0.120. The molecule has 1 aromatic heterocycles. The molecule has 4 rings (SSSR count). The van der Waals surface area contributed by atoms with Crippen LogP contribution in [0.15, 0.2) is 72.8 Å². The SMILES string of the molecule is NC(=O)[C@H](NC(=O)c1cc(-c2cc(F)cc(Cl)c2)n(-c2ccc(F)c(Cl)c2)n1)c1ccccc1. The van der Waals surface area contributed by atoms with Crippen LogP contribution in [0.1, 0.15) is 22.1 Å². The van der Waals surface area contributed by atoms with Crippen molar-refractivity contribution in [1.82, 2.24) is 15.1 Å². The van der Waals surface area contributed by atoms with E-state index in [1.807, 2.05) is 0 Å². The fourth-order valence-electron chi connectivity index (χ4n) is 3.38. The Hall–Kier alpha value is -3.75. The molecule has 0 radical (unpaired) electrons. The molecule has 1 heterocycles. The highest BCUT2D eigenvalue weighted by Crippen LogP contribution is 2.29. The first kappa shape index (κ1) is 23.4. The number of amides is 2. The number of nitrogens with two attached hydrogens (primary N) is 1. The zero-order valence-corrected chi connectivity index (χ0v) is 18.8. The minimum Gasteiger partial charge on any atom is -0.368 e. The van der Waals surface area contributed by atoms with E-state index in [1.54, 1.807) is 30.3 Å². The molecule has 0 aliphatic carbocycles. The monoisotopic (exact) mass is 500 g/mol. The largest absolute Gasteiger partial charge is 0.368 e. The number of hydrogen-bond donors (Lipinski definition) is 2. The average molecular weight is 501 g/mol. The summed E-state index contributed by atoms with van der Waals surface area (Å²) in [5.41, 5.74) is 6.79. The molecule has 1 atom stereocenters. The first-order valence-electron chi connectivity index (χ1n) is 9.90. The maximum Gasteiger partial charge on any atom is 0.272 e. The van der Waals surface area contributed by atoms with Crippen LogP contribution in [0, 0.1) is 11.6 Å². The number of benzene rings is 3. The summed E-state index contributed by atoms with van der Waals surface area (Å²) < 4.78 is 29.1. The Bertz CT molecular complexity index is 1370. The highest BCUT2D eigenvalue weighted by atomic mass is 35.5. The third-order valence-corrected chi connectivity index (χ3v) is 5.45. The van der Waals surface area contributed by atoms with Crippen molar-refractivity contribution in [2.24, 2.45) is 5.73 Å². The smallest absolute Gasteiger partial charge is 0.272 e. The Morgan fingerprint density at radius 2 is 1.71 bits per heavy atom. The Morgan fingerprint density at radius 1 is 0.971 bits per heavy atom. The molecular weight excluding hydrogens is 485 g/mol. The average Bonchev–Trinajstić information content (AvgIpc) is 3.24. The maximum absolute atomic E-state index is 14.1. The van der Waals surface area contributed by atoms with Gasteiger partial charge in [-0.3, -0.25) is 9.59 Å². The first-order chi connectivity index (χ1) is 16.2. The van der Waals surface area contributed by atoms with Crippen molar-refractivity contribution in [3.8, 4) is 16.9 Å². The van der Waals surface area contributed by atoms with E-state index in [-0.39, 0.29) is 21.4 Å². The van der Waals surface area contributed by atoms with E-state index in [9.17, 15) is 18.4 Å². The van der Waals surface area contributed by atoms with E-state index in [1.165, 1.54) is 35.0 Å². The van der Waals surface area contributed by atoms with Crippen molar-refractivity contribution >= 4 is 35.0 Å². The molecule has 0 unspecified atom stereocenters. The van der Waals surface area contributed by atoms with Crippen molar-refractivity contribution < 1.29 is 18.4 Å². The van der Waals surface area contributed by atoms with Crippen molar-refractivity contribution in [3.63, 3.8) is 0 Å². The number of carbonyl (C=O) groups excluding carboxylic acids is 2. The van der Waals surface area contributed by atoms with E-state index in [0.29, 0.717) is 16.8 Å². The predicted octanol–water partition coefficient (Wildman–Crippen LogP) is 5.08. The van der Waals surface area contributed by atoms with Crippen LogP contribution in [0.4, 0.5) is 8.78 Å². The number of aromatic nitrogens is 2. The molecule has 6 nitrogen and oxygen atoms in total. The second-order valence-corrected chi connectivity index (χ2v) is 8.15. The molecule has 0 aliphatic rings. The van der Waals surface area contributed by atoms with Crippen LogP contribution in [-0.4, -0.2) is 21.6 Å². The van der Waals surface area contributed by atoms with Gasteiger partial charge in [0.2, 0.25) is 5.91 Å². The number of halogens is 4. The van der Waals surface area contributed by atoms with E-state index >= 15 is 0 Å². The van der Waals surface area contributed by atoms with Crippen LogP contribution in [0.3, 0.4) is 0 Å². The molecule has 0 fully saturated rings. The van der Waals surface area contributed by atoms with Gasteiger partial charge >= 0.3 is 0 Å². The van der Waals surface area contributed by atoms with Gasteiger partial charge in [-0.2, -0.15) is 5.10 Å². The third kappa shape index (κ3) is 4.93. The topological polar surface area (TPSA) is 90.0 Å². The van der Waals surface area contributed by atoms with E-state index in [4.69, 9.17) is 28.9 Å². The maximum atomic E-state index is 14.1. The number of nitrogens with one attached hydrogen (secondary N) is 1. The molecule has 0 spiro atoms. The van der Waals surface area contributed by atoms with Crippen LogP contribution in [-0.2, 0) is 4.79 Å². The predicted molar refractivity (Wildman–Crippen MR) is 125 cm³/mol. The molecule has 3 N–H and O–H groups in total. The van der Waals surface area contributed by atoms with Crippen molar-refractivity contribution in [2.45, 2.75) is 6.04 Å². The van der Waals surface area contributed by atoms with Gasteiger partial charge in [0.15, 0.2) is 5.69 Å². The lowest BCUT2D eigenvalue weighted by Crippen LogP contribution is -2.37. The molecule has 10 heteroatoms. The minimum atomic E-state index is -1.11. The molecule has 2 amide bonds. The number of carbonyl (C=O) groups is 2. The fourth-order valence-corrected chi connectivity index (χ4v) is 3.78. The summed E-state index contributed by atoms with van der Waals surface area (Å²) in [6.07, 6.45) is 0. The van der Waals surface area contributed by atoms with Crippen molar-refractivity contribution in [2.75, 3.05) is 0 Å². The van der Waals surface area contributed by atoms with Gasteiger partial charge < -0.3 is 11.1 Å². The summed E-state index contributed by atoms with van der Waals surface area (Å²) in [5.74, 6) is -2.71. The lowest BCUT2D eigenvalue weighted by atomic mass is 10.1. The molecule has 0 saturated heterocycles. The number of nitrogens with zero attached hydrogens (tertiary/aromatic N) is 2. The van der Waals surface area contributed by atoms with Crippen molar-refractivity contribution in [1.29, 1.82) is 0 Å². The zero-order valence-electron chi connectivity index (χ0n) is 17.3. The van der Waals surface area contributed by atoms with Crippen LogP contribution in [0.2, 0.25) is 10.0 Å². The summed E-state index contributed by atoms with van der Waals surface area (Å²) in [6, 6.07) is 16.4. The molecule has 34 heavy (non-hydrogen) atoms. The van der Waals surface area contributed by atoms with Gasteiger partial charge in [0.1, 0.15) is 17.7 Å². The summed E-state index contributed by atoms with van der Waals surface area (Å²) in [7, 11) is 0. The Kier molecular flexibility index (Phi) is 6.63. The molecule has 0 bridgehead atoms. The van der Waals surface area contributed by atoms with Crippen LogP contribution >= 0.6 is 23.2 Å². The summed E-state index contributed by atoms with van der Waals surface area (Å²) in [6.45, 7) is 0. The molecule has 172 valence electrons. The molecule has 3 aromatic carbocycles. The van der Waals surface area contributed by atoms with E-state index in [0.717, 1.165) is 12.1 Å². The van der Waals surface area contributed by atoms with Crippen LogP contribution in [0.25, 0.3) is 16.9 Å². The highest BCUT2D eigenvalue weighted by molar-refractivity contribution is 6.31. The first-order valence-corrected chi connectivity index (χ1v) is 10.7. The molecular formula is C24H16Cl2F2N4O2. The summed E-state index contributed by atoms with van der Waals surface area (Å²) in [4.78, 5) is 25.0. The van der Waals surface area contributed by atoms with Gasteiger partial charge in [0, 0.05) is 10.6 Å². The van der Waals surface area contributed by atoms with E-state index < -0.39 is 29.5 Å². The van der Waals surface area contributed by atoms with Crippen LogP contribution in [0.5, 0.6) is 0 Å². The van der Waals surface area contributed by atoms with Crippen LogP contribution < -0.4 is 11.1 Å². The lowest BCUT2D eigenvalue weighted by Gasteiger charge is -2.14. The van der Waals surface area contributed by atoms with Gasteiger partial charge in [0.05, 0.1) is 16.4 Å². The molecule has 4 aromatic rings. The second kappa shape index (κ2) is 9.62. The molecule has 0 saturated carbocycles. The van der Waals surface area contributed by atoms with Gasteiger partial charge in [-0.15, -0.1) is 0 Å². The molecule has 0 aliphatic heterocycles.